The molecule has 3 heteroatoms. The largest absolute Gasteiger partial charge is 0.486 e. The molecule has 1 aromatic rings. The number of hydrogen-bond acceptors (Lipinski definition) is 2. The number of benzene rings is 1. The third-order valence-corrected chi connectivity index (χ3v) is 5.50. The number of allylic oxidation sites excluding steroid dienone is 3. The van der Waals surface area contributed by atoms with E-state index in [-0.39, 0.29) is 17.9 Å². The number of amides is 1. The number of hydrogen-bond donors (Lipinski definition) is 0. The van der Waals surface area contributed by atoms with E-state index in [2.05, 4.69) is 31.2 Å². The van der Waals surface area contributed by atoms with Crippen molar-refractivity contribution in [2.75, 3.05) is 13.6 Å². The number of likely N-dealkylation sites (N-methyl/N-ethyl adjacent to an activating group) is 1. The fraction of sp³-hybridized carbons (Fsp3) is 0.450. The quantitative estimate of drug-likeness (QED) is 0.794. The lowest BCUT2D eigenvalue weighted by Crippen LogP contribution is -2.29. The first-order valence-corrected chi connectivity index (χ1v) is 8.57. The first kappa shape index (κ1) is 14.6. The van der Waals surface area contributed by atoms with Crippen molar-refractivity contribution in [2.24, 2.45) is 11.8 Å². The SMILES string of the molecule is CCC1=C[C@@H]2CC(C=C1)Oc1ccccc1[C@H]1C(=O)N(C)C[C@H]21. The lowest BCUT2D eigenvalue weighted by atomic mass is 9.76. The molecule has 0 spiro atoms. The van der Waals surface area contributed by atoms with Crippen molar-refractivity contribution in [1.82, 2.24) is 4.90 Å². The molecule has 0 aromatic heterocycles. The van der Waals surface area contributed by atoms with E-state index >= 15 is 0 Å². The van der Waals surface area contributed by atoms with Gasteiger partial charge < -0.3 is 9.64 Å². The van der Waals surface area contributed by atoms with E-state index < -0.39 is 0 Å². The van der Waals surface area contributed by atoms with Crippen LogP contribution in [0.5, 0.6) is 5.75 Å². The number of para-hydroxylation sites is 1. The lowest BCUT2D eigenvalue weighted by molar-refractivity contribution is -0.128. The number of nitrogens with zero attached hydrogens (tertiary/aromatic N) is 1. The lowest BCUT2D eigenvalue weighted by Gasteiger charge is -2.31. The Bertz CT molecular complexity index is 691. The number of rotatable bonds is 1. The maximum atomic E-state index is 12.8. The molecule has 120 valence electrons. The van der Waals surface area contributed by atoms with Crippen molar-refractivity contribution in [3.63, 3.8) is 0 Å². The van der Waals surface area contributed by atoms with Crippen LogP contribution in [-0.4, -0.2) is 30.5 Å². The number of ether oxygens (including phenoxy) is 1. The number of fused-ring (bicyclic) bond motifs is 6. The normalized spacial score (nSPS) is 32.2. The maximum Gasteiger partial charge on any atom is 0.230 e. The first-order valence-electron chi connectivity index (χ1n) is 8.57. The minimum atomic E-state index is -0.0744. The Hall–Kier alpha value is -2.03. The minimum absolute atomic E-state index is 0.0744. The molecule has 1 unspecified atom stereocenters. The summed E-state index contributed by atoms with van der Waals surface area (Å²) in [5, 5.41) is 0. The smallest absolute Gasteiger partial charge is 0.230 e. The standard InChI is InChI=1S/C20H23NO2/c1-3-13-8-9-15-11-14(10-13)17-12-21(2)20(22)19(17)16-6-4-5-7-18(16)23-15/h4-10,14-15,17,19H,3,11-12H2,1-2H3/t14-,15?,17-,19-/m1/s1. The third-order valence-electron chi connectivity index (χ3n) is 5.50. The summed E-state index contributed by atoms with van der Waals surface area (Å²) < 4.78 is 6.28. The predicted octanol–water partition coefficient (Wildman–Crippen LogP) is 3.53. The summed E-state index contributed by atoms with van der Waals surface area (Å²) in [5.74, 6) is 1.75. The summed E-state index contributed by atoms with van der Waals surface area (Å²) >= 11 is 0. The Balaban J connectivity index is 1.85. The molecular weight excluding hydrogens is 286 g/mol. The molecule has 3 aliphatic rings. The second-order valence-corrected chi connectivity index (χ2v) is 6.91. The van der Waals surface area contributed by atoms with Crippen LogP contribution in [-0.2, 0) is 4.79 Å². The molecule has 4 rings (SSSR count). The van der Waals surface area contributed by atoms with Gasteiger partial charge in [-0.1, -0.05) is 42.8 Å². The molecule has 1 fully saturated rings. The molecule has 1 saturated heterocycles. The molecule has 3 nitrogen and oxygen atoms in total. The van der Waals surface area contributed by atoms with Gasteiger partial charge in [0, 0.05) is 19.2 Å². The molecule has 4 atom stereocenters. The molecule has 1 amide bonds. The summed E-state index contributed by atoms with van der Waals surface area (Å²) in [6.07, 6.45) is 8.84. The summed E-state index contributed by atoms with van der Waals surface area (Å²) in [6.45, 7) is 3.02. The predicted molar refractivity (Wildman–Crippen MR) is 90.3 cm³/mol. The first-order chi connectivity index (χ1) is 11.2. The van der Waals surface area contributed by atoms with Gasteiger partial charge in [0.05, 0.1) is 5.92 Å². The zero-order valence-electron chi connectivity index (χ0n) is 13.7. The maximum absolute atomic E-state index is 12.8. The Morgan fingerprint density at radius 3 is 2.96 bits per heavy atom. The Kier molecular flexibility index (Phi) is 3.51. The zero-order chi connectivity index (χ0) is 16.0. The van der Waals surface area contributed by atoms with Crippen LogP contribution >= 0.6 is 0 Å². The summed E-state index contributed by atoms with van der Waals surface area (Å²) in [4.78, 5) is 14.7. The van der Waals surface area contributed by atoms with E-state index in [0.29, 0.717) is 11.8 Å². The number of likely N-dealkylation sites (tertiary alicyclic amines) is 1. The molecule has 0 saturated carbocycles. The van der Waals surface area contributed by atoms with Gasteiger partial charge in [-0.05, 0) is 36.8 Å². The molecule has 2 bridgehead atoms. The summed E-state index contributed by atoms with van der Waals surface area (Å²) in [6, 6.07) is 8.08. The molecule has 23 heavy (non-hydrogen) atoms. The third kappa shape index (κ3) is 2.39. The van der Waals surface area contributed by atoms with Crippen molar-refractivity contribution in [3.05, 3.63) is 53.6 Å². The second-order valence-electron chi connectivity index (χ2n) is 6.91. The molecule has 2 aliphatic heterocycles. The van der Waals surface area contributed by atoms with Crippen LogP contribution < -0.4 is 4.74 Å². The van der Waals surface area contributed by atoms with Crippen LogP contribution in [0.25, 0.3) is 0 Å². The second kappa shape index (κ2) is 5.55. The molecule has 1 aliphatic carbocycles. The fourth-order valence-corrected chi connectivity index (χ4v) is 4.28. The van der Waals surface area contributed by atoms with Gasteiger partial charge in [0.25, 0.3) is 0 Å². The minimum Gasteiger partial charge on any atom is -0.486 e. The summed E-state index contributed by atoms with van der Waals surface area (Å²) in [5.41, 5.74) is 2.41. The average Bonchev–Trinajstić information content (AvgIpc) is 2.73. The topological polar surface area (TPSA) is 29.5 Å². The van der Waals surface area contributed by atoms with Crippen molar-refractivity contribution in [3.8, 4) is 5.75 Å². The van der Waals surface area contributed by atoms with Gasteiger partial charge in [-0.2, -0.15) is 0 Å². The van der Waals surface area contributed by atoms with E-state index in [1.54, 1.807) is 0 Å². The van der Waals surface area contributed by atoms with Gasteiger partial charge in [-0.3, -0.25) is 4.79 Å². The van der Waals surface area contributed by atoms with Crippen LogP contribution in [0.3, 0.4) is 0 Å². The van der Waals surface area contributed by atoms with Crippen LogP contribution in [0.1, 0.15) is 31.2 Å². The van der Waals surface area contributed by atoms with Crippen molar-refractivity contribution in [2.45, 2.75) is 31.8 Å². The average molecular weight is 309 g/mol. The van der Waals surface area contributed by atoms with Gasteiger partial charge >= 0.3 is 0 Å². The highest BCUT2D eigenvalue weighted by Gasteiger charge is 2.46. The van der Waals surface area contributed by atoms with Gasteiger partial charge in [0.15, 0.2) is 0 Å². The van der Waals surface area contributed by atoms with E-state index in [1.807, 2.05) is 30.1 Å². The highest BCUT2D eigenvalue weighted by Crippen LogP contribution is 2.46. The van der Waals surface area contributed by atoms with Gasteiger partial charge in [0.2, 0.25) is 5.91 Å². The van der Waals surface area contributed by atoms with Crippen LogP contribution in [0.15, 0.2) is 48.1 Å². The van der Waals surface area contributed by atoms with E-state index in [1.165, 1.54) is 5.57 Å². The highest BCUT2D eigenvalue weighted by atomic mass is 16.5. The summed E-state index contributed by atoms with van der Waals surface area (Å²) in [7, 11) is 1.92. The van der Waals surface area contributed by atoms with Crippen LogP contribution in [0.2, 0.25) is 0 Å². The molecule has 0 N–H and O–H groups in total. The van der Waals surface area contributed by atoms with Crippen LogP contribution in [0.4, 0.5) is 0 Å². The zero-order valence-corrected chi connectivity index (χ0v) is 13.7. The highest BCUT2D eigenvalue weighted by molar-refractivity contribution is 5.87. The molecule has 0 radical (unpaired) electrons. The van der Waals surface area contributed by atoms with Crippen molar-refractivity contribution in [1.29, 1.82) is 0 Å². The Morgan fingerprint density at radius 2 is 2.13 bits per heavy atom. The van der Waals surface area contributed by atoms with Crippen molar-refractivity contribution >= 4 is 5.91 Å². The molecular formula is C20H23NO2. The van der Waals surface area contributed by atoms with Gasteiger partial charge in [-0.15, -0.1) is 0 Å². The number of carbonyl (C=O) groups excluding carboxylic acids is 1. The van der Waals surface area contributed by atoms with Gasteiger partial charge in [0.1, 0.15) is 11.9 Å². The number of carbonyl (C=O) groups is 1. The fourth-order valence-electron chi connectivity index (χ4n) is 4.28. The van der Waals surface area contributed by atoms with Crippen LogP contribution in [0, 0.1) is 11.8 Å². The Morgan fingerprint density at radius 1 is 1.30 bits per heavy atom. The Labute approximate surface area is 137 Å². The van der Waals surface area contributed by atoms with Gasteiger partial charge in [-0.25, -0.2) is 0 Å². The monoisotopic (exact) mass is 309 g/mol. The molecule has 1 aromatic carbocycles. The van der Waals surface area contributed by atoms with E-state index in [9.17, 15) is 4.79 Å². The van der Waals surface area contributed by atoms with Crippen molar-refractivity contribution < 1.29 is 9.53 Å². The van der Waals surface area contributed by atoms with E-state index in [0.717, 1.165) is 30.7 Å². The molecule has 2 heterocycles. The van der Waals surface area contributed by atoms with E-state index in [4.69, 9.17) is 4.74 Å².